The maximum Gasteiger partial charge on any atom is 0.251 e. The molecule has 0 radical (unpaired) electrons. The van der Waals surface area contributed by atoms with E-state index in [0.717, 1.165) is 25.2 Å². The van der Waals surface area contributed by atoms with Crippen LogP contribution in [0.15, 0.2) is 29.3 Å². The lowest BCUT2D eigenvalue weighted by Crippen LogP contribution is -2.52. The Morgan fingerprint density at radius 2 is 2.16 bits per heavy atom. The van der Waals surface area contributed by atoms with Gasteiger partial charge in [-0.15, -0.1) is 24.8 Å². The van der Waals surface area contributed by atoms with Crippen molar-refractivity contribution in [2.45, 2.75) is 24.9 Å². The van der Waals surface area contributed by atoms with E-state index >= 15 is 0 Å². The van der Waals surface area contributed by atoms with Gasteiger partial charge in [0.2, 0.25) is 5.91 Å². The second-order valence-corrected chi connectivity index (χ2v) is 6.10. The van der Waals surface area contributed by atoms with Gasteiger partial charge in [0.15, 0.2) is 0 Å². The number of halogens is 2. The number of fused-ring (bicyclic) bond motifs is 4. The van der Waals surface area contributed by atoms with Crippen LogP contribution >= 0.6 is 24.8 Å². The maximum absolute atomic E-state index is 12.7. The fraction of sp³-hybridized carbons (Fsp3) is 0.467. The van der Waals surface area contributed by atoms with Crippen molar-refractivity contribution in [3.63, 3.8) is 0 Å². The fourth-order valence-corrected chi connectivity index (χ4v) is 3.72. The van der Waals surface area contributed by atoms with Gasteiger partial charge in [-0.3, -0.25) is 19.3 Å². The molecule has 2 aliphatic rings. The molecule has 2 aromatic heterocycles. The molecule has 136 valence electrons. The van der Waals surface area contributed by atoms with Gasteiger partial charge < -0.3 is 10.6 Å². The van der Waals surface area contributed by atoms with Gasteiger partial charge in [0, 0.05) is 36.7 Å². The molecular formula is C15H20Cl2N6O2. The van der Waals surface area contributed by atoms with E-state index in [1.54, 1.807) is 10.6 Å². The normalized spacial score (nSPS) is 23.6. The Bertz CT molecular complexity index is 779. The number of hydrogen-bond acceptors (Lipinski definition) is 5. The number of nitrogens with one attached hydrogen (secondary N) is 3. The lowest BCUT2D eigenvalue weighted by molar-refractivity contribution is -0.127. The maximum atomic E-state index is 12.7. The SMILES string of the molecule is Cl.Cl.O=C(NCc1ncn[nH]1)[C@H]1[C@@H]2CNC[C@@H](C2)c2cccc(=O)n21. The molecule has 4 rings (SSSR count). The molecule has 1 saturated heterocycles. The van der Waals surface area contributed by atoms with Gasteiger partial charge in [0.1, 0.15) is 18.2 Å². The van der Waals surface area contributed by atoms with Crippen molar-refractivity contribution in [2.75, 3.05) is 13.1 Å². The third-order valence-corrected chi connectivity index (χ3v) is 4.71. The van der Waals surface area contributed by atoms with Crippen LogP contribution in [0, 0.1) is 5.92 Å². The van der Waals surface area contributed by atoms with E-state index in [9.17, 15) is 9.59 Å². The first kappa shape index (κ1) is 19.4. The topological polar surface area (TPSA) is 105 Å². The van der Waals surface area contributed by atoms with E-state index in [1.807, 2.05) is 6.07 Å². The van der Waals surface area contributed by atoms with Crippen molar-refractivity contribution < 1.29 is 4.79 Å². The Morgan fingerprint density at radius 1 is 1.32 bits per heavy atom. The average molecular weight is 387 g/mol. The second kappa shape index (κ2) is 7.99. The van der Waals surface area contributed by atoms with Gasteiger partial charge in [0.25, 0.3) is 5.56 Å². The number of H-pyrrole nitrogens is 1. The first-order valence-corrected chi connectivity index (χ1v) is 7.78. The number of piperidine rings is 1. The third kappa shape index (κ3) is 3.56. The summed E-state index contributed by atoms with van der Waals surface area (Å²) in [5.74, 6) is 0.856. The molecule has 0 unspecified atom stereocenters. The molecule has 3 atom stereocenters. The lowest BCUT2D eigenvalue weighted by atomic mass is 9.79. The Hall–Kier alpha value is -1.90. The molecule has 2 aromatic rings. The van der Waals surface area contributed by atoms with Gasteiger partial charge in [-0.05, 0) is 12.5 Å². The zero-order valence-electron chi connectivity index (χ0n) is 13.3. The lowest BCUT2D eigenvalue weighted by Gasteiger charge is -2.42. The molecule has 1 amide bonds. The van der Waals surface area contributed by atoms with Gasteiger partial charge >= 0.3 is 0 Å². The molecule has 2 aliphatic heterocycles. The highest BCUT2D eigenvalue weighted by molar-refractivity contribution is 5.85. The van der Waals surface area contributed by atoms with Crippen molar-refractivity contribution in [3.8, 4) is 0 Å². The van der Waals surface area contributed by atoms with E-state index < -0.39 is 6.04 Å². The van der Waals surface area contributed by atoms with Gasteiger partial charge in [0.05, 0.1) is 6.54 Å². The Balaban J connectivity index is 0.00000113. The molecule has 8 nitrogen and oxygen atoms in total. The minimum atomic E-state index is -0.481. The van der Waals surface area contributed by atoms with Crippen LogP contribution in [0.1, 0.15) is 29.9 Å². The Morgan fingerprint density at radius 3 is 2.92 bits per heavy atom. The van der Waals surface area contributed by atoms with Crippen LogP contribution in [0.4, 0.5) is 0 Å². The number of carbonyl (C=O) groups is 1. The smallest absolute Gasteiger partial charge is 0.251 e. The highest BCUT2D eigenvalue weighted by Gasteiger charge is 2.41. The van der Waals surface area contributed by atoms with Crippen molar-refractivity contribution in [1.82, 2.24) is 30.4 Å². The molecule has 2 bridgehead atoms. The molecule has 4 heterocycles. The van der Waals surface area contributed by atoms with Gasteiger partial charge in [-0.1, -0.05) is 6.07 Å². The minimum absolute atomic E-state index is 0. The highest BCUT2D eigenvalue weighted by atomic mass is 35.5. The predicted molar refractivity (Wildman–Crippen MR) is 96.2 cm³/mol. The van der Waals surface area contributed by atoms with Gasteiger partial charge in [-0.25, -0.2) is 4.98 Å². The molecule has 0 spiro atoms. The summed E-state index contributed by atoms with van der Waals surface area (Å²) in [6.45, 7) is 1.87. The van der Waals surface area contributed by atoms with Crippen LogP contribution in [-0.2, 0) is 11.3 Å². The minimum Gasteiger partial charge on any atom is -0.347 e. The number of pyridine rings is 1. The quantitative estimate of drug-likeness (QED) is 0.706. The summed E-state index contributed by atoms with van der Waals surface area (Å²) in [6.07, 6.45) is 2.33. The van der Waals surface area contributed by atoms with E-state index in [1.165, 1.54) is 12.4 Å². The number of amides is 1. The van der Waals surface area contributed by atoms with E-state index in [4.69, 9.17) is 0 Å². The zero-order valence-corrected chi connectivity index (χ0v) is 15.0. The largest absolute Gasteiger partial charge is 0.347 e. The van der Waals surface area contributed by atoms with Crippen molar-refractivity contribution >= 4 is 30.7 Å². The number of hydrogen-bond donors (Lipinski definition) is 3. The summed E-state index contributed by atoms with van der Waals surface area (Å²) in [7, 11) is 0. The Labute approximate surface area is 156 Å². The average Bonchev–Trinajstić information content (AvgIpc) is 3.08. The number of aromatic nitrogens is 4. The monoisotopic (exact) mass is 386 g/mol. The van der Waals surface area contributed by atoms with Gasteiger partial charge in [-0.2, -0.15) is 5.10 Å². The first-order chi connectivity index (χ1) is 11.2. The third-order valence-electron chi connectivity index (χ3n) is 4.71. The fourth-order valence-electron chi connectivity index (χ4n) is 3.72. The van der Waals surface area contributed by atoms with E-state index in [2.05, 4.69) is 25.8 Å². The summed E-state index contributed by atoms with van der Waals surface area (Å²) in [6, 6.07) is 4.76. The molecule has 3 N–H and O–H groups in total. The number of nitrogens with zero attached hydrogens (tertiary/aromatic N) is 3. The summed E-state index contributed by atoms with van der Waals surface area (Å²) >= 11 is 0. The summed E-state index contributed by atoms with van der Waals surface area (Å²) in [5, 5.41) is 12.7. The van der Waals surface area contributed by atoms with Crippen molar-refractivity contribution in [2.24, 2.45) is 5.92 Å². The number of carbonyl (C=O) groups excluding carboxylic acids is 1. The summed E-state index contributed by atoms with van der Waals surface area (Å²) < 4.78 is 1.68. The number of rotatable bonds is 3. The Kier molecular flexibility index (Phi) is 6.21. The van der Waals surface area contributed by atoms with Crippen molar-refractivity contribution in [1.29, 1.82) is 0 Å². The molecule has 1 fully saturated rings. The first-order valence-electron chi connectivity index (χ1n) is 7.78. The summed E-state index contributed by atoms with van der Waals surface area (Å²) in [4.78, 5) is 29.1. The predicted octanol–water partition coefficient (Wildman–Crippen LogP) is 0.374. The molecule has 25 heavy (non-hydrogen) atoms. The van der Waals surface area contributed by atoms with Crippen LogP contribution in [-0.4, -0.2) is 38.7 Å². The second-order valence-electron chi connectivity index (χ2n) is 6.10. The molecular weight excluding hydrogens is 367 g/mol. The van der Waals surface area contributed by atoms with Crippen molar-refractivity contribution in [3.05, 3.63) is 46.4 Å². The van der Waals surface area contributed by atoms with E-state index in [-0.39, 0.29) is 48.7 Å². The molecule has 0 saturated carbocycles. The number of aromatic amines is 1. The van der Waals surface area contributed by atoms with Crippen LogP contribution in [0.2, 0.25) is 0 Å². The highest BCUT2D eigenvalue weighted by Crippen LogP contribution is 2.38. The van der Waals surface area contributed by atoms with Crippen LogP contribution in [0.5, 0.6) is 0 Å². The summed E-state index contributed by atoms with van der Waals surface area (Å²) in [5.41, 5.74) is 0.833. The van der Waals surface area contributed by atoms with Crippen LogP contribution in [0.25, 0.3) is 0 Å². The van der Waals surface area contributed by atoms with Crippen LogP contribution < -0.4 is 16.2 Å². The van der Waals surface area contributed by atoms with E-state index in [0.29, 0.717) is 11.7 Å². The standard InChI is InChI=1S/C15H18N6O2.2ClH/c22-13-3-1-2-11-9-4-10(6-16-5-9)14(21(11)13)15(23)17-7-12-18-8-19-20-12;;/h1-3,8-10,14,16H,4-7H2,(H,17,23)(H,18,19,20);2*1H/t9-,10+,14-;;/m1../s1. The zero-order chi connectivity index (χ0) is 15.8. The molecule has 0 aromatic carbocycles. The molecule has 10 heteroatoms. The van der Waals surface area contributed by atoms with Crippen LogP contribution in [0.3, 0.4) is 0 Å². The molecule has 0 aliphatic carbocycles.